The molecule has 30 heavy (non-hydrogen) atoms. The van der Waals surface area contributed by atoms with Gasteiger partial charge in [-0.05, 0) is 37.1 Å². The SMILES string of the molecule is CNc1nc2[nH]c(-c3cccc(CN(C)C(=O)C(C)(C)O)c3)cc2c2c1ncn2C. The molecule has 0 aliphatic carbocycles. The van der Waals surface area contributed by atoms with E-state index in [-0.39, 0.29) is 5.91 Å². The molecule has 3 N–H and O–H groups in total. The van der Waals surface area contributed by atoms with Crippen molar-refractivity contribution in [2.75, 3.05) is 19.4 Å². The van der Waals surface area contributed by atoms with Crippen LogP contribution in [0.1, 0.15) is 19.4 Å². The number of pyridine rings is 1. The van der Waals surface area contributed by atoms with Gasteiger partial charge in [0.05, 0.1) is 11.8 Å². The Hall–Kier alpha value is -3.39. The molecule has 8 nitrogen and oxygen atoms in total. The zero-order chi connectivity index (χ0) is 21.6. The molecule has 4 aromatic rings. The van der Waals surface area contributed by atoms with E-state index in [4.69, 9.17) is 0 Å². The monoisotopic (exact) mass is 406 g/mol. The molecule has 0 saturated heterocycles. The molecule has 1 aromatic carbocycles. The number of rotatable bonds is 5. The Morgan fingerprint density at radius 3 is 2.80 bits per heavy atom. The second kappa shape index (κ2) is 7.14. The van der Waals surface area contributed by atoms with Crippen molar-refractivity contribution in [2.45, 2.75) is 26.0 Å². The first kappa shape index (κ1) is 19.9. The largest absolute Gasteiger partial charge is 0.381 e. The highest BCUT2D eigenvalue weighted by Crippen LogP contribution is 2.31. The van der Waals surface area contributed by atoms with Gasteiger partial charge >= 0.3 is 0 Å². The smallest absolute Gasteiger partial charge is 0.253 e. The highest BCUT2D eigenvalue weighted by molar-refractivity contribution is 6.07. The van der Waals surface area contributed by atoms with E-state index < -0.39 is 5.60 Å². The van der Waals surface area contributed by atoms with E-state index in [0.717, 1.165) is 44.7 Å². The second-order valence-corrected chi connectivity index (χ2v) is 8.13. The maximum absolute atomic E-state index is 12.3. The van der Waals surface area contributed by atoms with Crippen LogP contribution >= 0.6 is 0 Å². The summed E-state index contributed by atoms with van der Waals surface area (Å²) in [7, 11) is 5.50. The predicted molar refractivity (Wildman–Crippen MR) is 118 cm³/mol. The van der Waals surface area contributed by atoms with Gasteiger partial charge in [0.25, 0.3) is 5.91 Å². The summed E-state index contributed by atoms with van der Waals surface area (Å²) < 4.78 is 1.99. The van der Waals surface area contributed by atoms with Crippen molar-refractivity contribution in [2.24, 2.45) is 7.05 Å². The number of aromatic amines is 1. The fourth-order valence-corrected chi connectivity index (χ4v) is 3.78. The van der Waals surface area contributed by atoms with E-state index in [1.807, 2.05) is 42.9 Å². The van der Waals surface area contributed by atoms with Gasteiger partial charge < -0.3 is 24.9 Å². The number of aryl methyl sites for hydroxylation is 1. The Morgan fingerprint density at radius 1 is 1.33 bits per heavy atom. The minimum absolute atomic E-state index is 0.319. The number of nitrogens with zero attached hydrogens (tertiary/aromatic N) is 4. The van der Waals surface area contributed by atoms with Crippen molar-refractivity contribution in [1.82, 2.24) is 24.4 Å². The summed E-state index contributed by atoms with van der Waals surface area (Å²) in [5.41, 5.74) is 4.14. The normalized spacial score (nSPS) is 11.9. The number of hydrogen-bond donors (Lipinski definition) is 3. The molecule has 8 heteroatoms. The van der Waals surface area contributed by atoms with E-state index in [0.29, 0.717) is 6.54 Å². The van der Waals surface area contributed by atoms with Gasteiger partial charge in [0.15, 0.2) is 5.82 Å². The van der Waals surface area contributed by atoms with Gasteiger partial charge in [-0.15, -0.1) is 0 Å². The average Bonchev–Trinajstić information content (AvgIpc) is 3.29. The fourth-order valence-electron chi connectivity index (χ4n) is 3.78. The standard InChI is InChI=1S/C22H26N6O2/c1-22(2,30)21(29)27(4)11-13-7-6-8-14(9-13)16-10-15-18-17(24-12-28(18)5)20(23-3)26-19(15)25-16/h6-10,12,30H,11H2,1-5H3,(H2,23,25,26). The van der Waals surface area contributed by atoms with Crippen molar-refractivity contribution < 1.29 is 9.90 Å². The number of carbonyl (C=O) groups excluding carboxylic acids is 1. The van der Waals surface area contributed by atoms with Gasteiger partial charge in [-0.3, -0.25) is 4.79 Å². The number of amides is 1. The molecule has 3 aromatic heterocycles. The second-order valence-electron chi connectivity index (χ2n) is 8.13. The van der Waals surface area contributed by atoms with Crippen LogP contribution in [-0.2, 0) is 18.4 Å². The number of aromatic nitrogens is 4. The highest BCUT2D eigenvalue weighted by atomic mass is 16.3. The Balaban J connectivity index is 1.73. The number of carbonyl (C=O) groups is 1. The van der Waals surface area contributed by atoms with E-state index in [2.05, 4.69) is 26.3 Å². The summed E-state index contributed by atoms with van der Waals surface area (Å²) in [6.45, 7) is 3.40. The molecule has 0 aliphatic heterocycles. The molecule has 0 unspecified atom stereocenters. The van der Waals surface area contributed by atoms with Crippen molar-refractivity contribution in [3.8, 4) is 11.3 Å². The molecule has 0 aliphatic rings. The predicted octanol–water partition coefficient (Wildman–Crippen LogP) is 2.89. The van der Waals surface area contributed by atoms with Gasteiger partial charge in [0.1, 0.15) is 16.8 Å². The number of hydrogen-bond acceptors (Lipinski definition) is 5. The van der Waals surface area contributed by atoms with Crippen LogP contribution < -0.4 is 5.32 Å². The summed E-state index contributed by atoms with van der Waals surface area (Å²) in [6.07, 6.45) is 1.79. The number of nitrogens with one attached hydrogen (secondary N) is 2. The van der Waals surface area contributed by atoms with Gasteiger partial charge in [-0.25, -0.2) is 9.97 Å². The molecular weight excluding hydrogens is 380 g/mol. The van der Waals surface area contributed by atoms with Crippen molar-refractivity contribution >= 4 is 33.8 Å². The van der Waals surface area contributed by atoms with E-state index in [1.54, 1.807) is 13.4 Å². The number of aliphatic hydroxyl groups is 1. The number of benzene rings is 1. The molecule has 0 saturated carbocycles. The molecule has 0 bridgehead atoms. The van der Waals surface area contributed by atoms with Crippen molar-refractivity contribution in [3.63, 3.8) is 0 Å². The molecular formula is C22H26N6O2. The Morgan fingerprint density at radius 2 is 2.10 bits per heavy atom. The van der Waals surface area contributed by atoms with Crippen LogP contribution in [0.5, 0.6) is 0 Å². The lowest BCUT2D eigenvalue weighted by molar-refractivity contribution is -0.146. The third-order valence-electron chi connectivity index (χ3n) is 5.20. The first-order valence-electron chi connectivity index (χ1n) is 9.78. The summed E-state index contributed by atoms with van der Waals surface area (Å²) in [6, 6.07) is 10.1. The maximum Gasteiger partial charge on any atom is 0.253 e. The fraction of sp³-hybridized carbons (Fsp3) is 0.318. The first-order chi connectivity index (χ1) is 14.2. The van der Waals surface area contributed by atoms with E-state index >= 15 is 0 Å². The summed E-state index contributed by atoms with van der Waals surface area (Å²) in [5.74, 6) is 0.410. The molecule has 0 fully saturated rings. The Labute approximate surface area is 174 Å². The molecule has 0 atom stereocenters. The lowest BCUT2D eigenvalue weighted by Gasteiger charge is -2.25. The third-order valence-corrected chi connectivity index (χ3v) is 5.20. The molecule has 0 radical (unpaired) electrons. The molecule has 0 spiro atoms. The van der Waals surface area contributed by atoms with Crippen LogP contribution in [-0.4, -0.2) is 55.1 Å². The van der Waals surface area contributed by atoms with E-state index in [1.165, 1.54) is 18.7 Å². The number of fused-ring (bicyclic) bond motifs is 3. The van der Waals surface area contributed by atoms with Gasteiger partial charge in [-0.1, -0.05) is 18.2 Å². The van der Waals surface area contributed by atoms with Crippen LogP contribution in [0.2, 0.25) is 0 Å². The van der Waals surface area contributed by atoms with Crippen molar-refractivity contribution in [1.29, 1.82) is 0 Å². The topological polar surface area (TPSA) is 99.1 Å². The van der Waals surface area contributed by atoms with E-state index in [9.17, 15) is 9.90 Å². The van der Waals surface area contributed by atoms with Gasteiger partial charge in [0, 0.05) is 38.8 Å². The van der Waals surface area contributed by atoms with Crippen LogP contribution in [0.25, 0.3) is 33.3 Å². The number of imidazole rings is 1. The lowest BCUT2D eigenvalue weighted by atomic mass is 10.1. The van der Waals surface area contributed by atoms with Gasteiger partial charge in [0.2, 0.25) is 0 Å². The summed E-state index contributed by atoms with van der Waals surface area (Å²) >= 11 is 0. The average molecular weight is 406 g/mol. The Kier molecular flexibility index (Phi) is 4.74. The van der Waals surface area contributed by atoms with Crippen LogP contribution in [0.4, 0.5) is 5.82 Å². The molecule has 3 heterocycles. The summed E-state index contributed by atoms with van der Waals surface area (Å²) in [5, 5.41) is 14.1. The number of anilines is 1. The lowest BCUT2D eigenvalue weighted by Crippen LogP contribution is -2.42. The van der Waals surface area contributed by atoms with Crippen LogP contribution in [0.15, 0.2) is 36.7 Å². The van der Waals surface area contributed by atoms with Crippen LogP contribution in [0, 0.1) is 0 Å². The molecule has 1 amide bonds. The Bertz CT molecular complexity index is 1250. The third kappa shape index (κ3) is 3.39. The minimum atomic E-state index is -1.39. The zero-order valence-corrected chi connectivity index (χ0v) is 17.8. The van der Waals surface area contributed by atoms with Crippen LogP contribution in [0.3, 0.4) is 0 Å². The molecule has 156 valence electrons. The minimum Gasteiger partial charge on any atom is -0.381 e. The zero-order valence-electron chi connectivity index (χ0n) is 17.8. The molecule has 4 rings (SSSR count). The number of likely N-dealkylation sites (N-methyl/N-ethyl adjacent to an activating group) is 1. The highest BCUT2D eigenvalue weighted by Gasteiger charge is 2.27. The maximum atomic E-state index is 12.3. The quantitative estimate of drug-likeness (QED) is 0.473. The van der Waals surface area contributed by atoms with Crippen molar-refractivity contribution in [3.05, 3.63) is 42.2 Å². The van der Waals surface area contributed by atoms with Gasteiger partial charge in [-0.2, -0.15) is 0 Å². The number of H-pyrrole nitrogens is 1. The summed E-state index contributed by atoms with van der Waals surface area (Å²) in [4.78, 5) is 26.4. The first-order valence-corrected chi connectivity index (χ1v) is 9.78.